The number of carbonyl (C=O) groups excluding carboxylic acids is 1. The Morgan fingerprint density at radius 1 is 1.05 bits per heavy atom. The van der Waals surface area contributed by atoms with Gasteiger partial charge >= 0.3 is 5.97 Å². The number of hydrogen-bond donors (Lipinski definition) is 2. The number of amides is 1. The van der Waals surface area contributed by atoms with E-state index in [0.29, 0.717) is 37.6 Å². The standard InChI is InChI=1S/C33H36N2O5S2/c1-4-39-21-29(30-19-34-32(42-30)24-11-6-5-7-12-24)40-20-23-14-15-26(27(18-23)25-13-9-8-10-22(25)2)31(36)35-28(33(37)38)16-17-41-3/h5-15,18-19,28-29H,4,16-17,20-21H2,1-3H3,(H,35,36)(H,37,38)/t28-,29-/m0/s1. The number of thioether (sulfide) groups is 1. The van der Waals surface area contributed by atoms with E-state index >= 15 is 0 Å². The second kappa shape index (κ2) is 15.7. The predicted molar refractivity (Wildman–Crippen MR) is 170 cm³/mol. The number of aromatic nitrogens is 1. The van der Waals surface area contributed by atoms with Crippen LogP contribution in [0.4, 0.5) is 0 Å². The molecule has 7 nitrogen and oxygen atoms in total. The Bertz CT molecular complexity index is 1470. The number of hydrogen-bond acceptors (Lipinski definition) is 7. The summed E-state index contributed by atoms with van der Waals surface area (Å²) in [5.74, 6) is -0.825. The molecule has 0 saturated carbocycles. The van der Waals surface area contributed by atoms with Crippen LogP contribution in [0, 0.1) is 6.92 Å². The van der Waals surface area contributed by atoms with Gasteiger partial charge in [0, 0.05) is 23.9 Å². The quantitative estimate of drug-likeness (QED) is 0.151. The van der Waals surface area contributed by atoms with Crippen molar-refractivity contribution in [3.63, 3.8) is 0 Å². The van der Waals surface area contributed by atoms with Gasteiger partial charge < -0.3 is 19.9 Å². The Kier molecular flexibility index (Phi) is 11.7. The summed E-state index contributed by atoms with van der Waals surface area (Å²) >= 11 is 3.13. The highest BCUT2D eigenvalue weighted by Crippen LogP contribution is 2.33. The average Bonchev–Trinajstić information content (AvgIpc) is 3.50. The number of nitrogens with zero attached hydrogens (tertiary/aromatic N) is 1. The Morgan fingerprint density at radius 2 is 1.81 bits per heavy atom. The van der Waals surface area contributed by atoms with Gasteiger partial charge in [-0.2, -0.15) is 11.8 Å². The highest BCUT2D eigenvalue weighted by Gasteiger charge is 2.23. The van der Waals surface area contributed by atoms with Crippen molar-refractivity contribution >= 4 is 35.0 Å². The summed E-state index contributed by atoms with van der Waals surface area (Å²) in [5.41, 5.74) is 5.00. The van der Waals surface area contributed by atoms with E-state index in [-0.39, 0.29) is 6.10 Å². The third-order valence-corrected chi connectivity index (χ3v) is 8.55. The zero-order valence-corrected chi connectivity index (χ0v) is 25.7. The van der Waals surface area contributed by atoms with Crippen LogP contribution in [0.2, 0.25) is 0 Å². The van der Waals surface area contributed by atoms with Crippen molar-refractivity contribution in [2.24, 2.45) is 0 Å². The number of carboxylic acid groups (broad SMARTS) is 1. The number of carboxylic acids is 1. The van der Waals surface area contributed by atoms with Crippen molar-refractivity contribution in [1.29, 1.82) is 0 Å². The van der Waals surface area contributed by atoms with Crippen LogP contribution in [-0.2, 0) is 20.9 Å². The van der Waals surface area contributed by atoms with E-state index in [1.54, 1.807) is 29.2 Å². The lowest BCUT2D eigenvalue weighted by atomic mass is 9.93. The number of carbonyl (C=O) groups is 2. The van der Waals surface area contributed by atoms with Crippen molar-refractivity contribution in [2.75, 3.05) is 25.2 Å². The summed E-state index contributed by atoms with van der Waals surface area (Å²) in [7, 11) is 0. The van der Waals surface area contributed by atoms with Gasteiger partial charge in [-0.1, -0.05) is 60.7 Å². The Balaban J connectivity index is 1.59. The lowest BCUT2D eigenvalue weighted by molar-refractivity contribution is -0.139. The average molecular weight is 605 g/mol. The molecule has 3 aromatic carbocycles. The van der Waals surface area contributed by atoms with E-state index in [0.717, 1.165) is 37.7 Å². The second-order valence-electron chi connectivity index (χ2n) is 9.73. The number of rotatable bonds is 15. The van der Waals surface area contributed by atoms with Crippen molar-refractivity contribution in [2.45, 2.75) is 39.0 Å². The van der Waals surface area contributed by atoms with Crippen LogP contribution < -0.4 is 5.32 Å². The molecule has 1 amide bonds. The molecule has 0 aliphatic heterocycles. The first kappa shape index (κ1) is 31.4. The van der Waals surface area contributed by atoms with Gasteiger partial charge in [0.25, 0.3) is 5.91 Å². The molecule has 4 aromatic rings. The van der Waals surface area contributed by atoms with Crippen LogP contribution in [0.1, 0.15) is 45.8 Å². The maximum Gasteiger partial charge on any atom is 0.326 e. The van der Waals surface area contributed by atoms with Gasteiger partial charge in [-0.25, -0.2) is 9.78 Å². The molecule has 0 unspecified atom stereocenters. The smallest absolute Gasteiger partial charge is 0.326 e. The summed E-state index contributed by atoms with van der Waals surface area (Å²) in [6.45, 7) is 5.20. The molecule has 0 bridgehead atoms. The maximum atomic E-state index is 13.4. The van der Waals surface area contributed by atoms with E-state index < -0.39 is 17.9 Å². The summed E-state index contributed by atoms with van der Waals surface area (Å²) in [4.78, 5) is 30.8. The maximum absolute atomic E-state index is 13.4. The predicted octanol–water partition coefficient (Wildman–Crippen LogP) is 7.02. The molecule has 2 atom stereocenters. The fourth-order valence-corrected chi connectivity index (χ4v) is 5.92. The highest BCUT2D eigenvalue weighted by molar-refractivity contribution is 7.98. The first-order valence-electron chi connectivity index (χ1n) is 13.8. The fourth-order valence-electron chi connectivity index (χ4n) is 4.49. The number of aliphatic carboxylic acids is 1. The Morgan fingerprint density at radius 3 is 2.52 bits per heavy atom. The van der Waals surface area contributed by atoms with Gasteiger partial charge in [-0.05, 0) is 66.7 Å². The van der Waals surface area contributed by atoms with E-state index in [1.165, 1.54) is 0 Å². The van der Waals surface area contributed by atoms with E-state index in [2.05, 4.69) is 10.3 Å². The summed E-state index contributed by atoms with van der Waals surface area (Å²) < 4.78 is 12.1. The van der Waals surface area contributed by atoms with Gasteiger partial charge in [0.2, 0.25) is 0 Å². The van der Waals surface area contributed by atoms with Crippen LogP contribution in [0.15, 0.2) is 79.0 Å². The SMILES string of the molecule is CCOC[C@H](OCc1ccc(C(=O)N[C@@H](CCSC)C(=O)O)c(-c2ccccc2C)c1)c1cnc(-c2ccccc2)s1. The molecule has 1 aromatic heterocycles. The molecule has 1 heterocycles. The van der Waals surface area contributed by atoms with Crippen molar-refractivity contribution in [1.82, 2.24) is 10.3 Å². The van der Waals surface area contributed by atoms with Crippen LogP contribution in [0.3, 0.4) is 0 Å². The fraction of sp³-hybridized carbons (Fsp3) is 0.303. The number of benzene rings is 3. The van der Waals surface area contributed by atoms with E-state index in [1.807, 2.05) is 93.0 Å². The lowest BCUT2D eigenvalue weighted by Gasteiger charge is -2.19. The number of ether oxygens (including phenoxy) is 2. The van der Waals surface area contributed by atoms with Gasteiger partial charge in [-0.15, -0.1) is 11.3 Å². The summed E-state index contributed by atoms with van der Waals surface area (Å²) in [6.07, 6.45) is 3.79. The molecule has 2 N–H and O–H groups in total. The van der Waals surface area contributed by atoms with Crippen LogP contribution in [0.5, 0.6) is 0 Å². The molecule has 9 heteroatoms. The van der Waals surface area contributed by atoms with Gasteiger partial charge in [0.1, 0.15) is 17.2 Å². The van der Waals surface area contributed by atoms with Crippen molar-refractivity contribution < 1.29 is 24.2 Å². The van der Waals surface area contributed by atoms with Crippen LogP contribution >= 0.6 is 23.1 Å². The molecule has 0 fully saturated rings. The van der Waals surface area contributed by atoms with E-state index in [4.69, 9.17) is 9.47 Å². The van der Waals surface area contributed by atoms with Gasteiger partial charge in [0.15, 0.2) is 0 Å². The van der Waals surface area contributed by atoms with Gasteiger partial charge in [0.05, 0.1) is 18.1 Å². The molecular weight excluding hydrogens is 569 g/mol. The Labute approximate surface area is 255 Å². The zero-order chi connectivity index (χ0) is 29.9. The molecular formula is C33H36N2O5S2. The summed E-state index contributed by atoms with van der Waals surface area (Å²) in [5, 5.41) is 13.3. The third kappa shape index (κ3) is 8.29. The van der Waals surface area contributed by atoms with Crippen LogP contribution in [-0.4, -0.2) is 53.2 Å². The summed E-state index contributed by atoms with van der Waals surface area (Å²) in [6, 6.07) is 22.5. The molecule has 0 radical (unpaired) electrons. The second-order valence-corrected chi connectivity index (χ2v) is 11.8. The largest absolute Gasteiger partial charge is 0.480 e. The lowest BCUT2D eigenvalue weighted by Crippen LogP contribution is -2.41. The normalized spacial score (nSPS) is 12.5. The Hall–Kier alpha value is -3.50. The molecule has 42 heavy (non-hydrogen) atoms. The van der Waals surface area contributed by atoms with Crippen LogP contribution in [0.25, 0.3) is 21.7 Å². The molecule has 0 saturated heterocycles. The molecule has 220 valence electrons. The topological polar surface area (TPSA) is 97.8 Å². The van der Waals surface area contributed by atoms with E-state index in [9.17, 15) is 14.7 Å². The molecule has 4 rings (SSSR count). The first-order chi connectivity index (χ1) is 20.4. The highest BCUT2D eigenvalue weighted by atomic mass is 32.2. The number of aryl methyl sites for hydroxylation is 1. The number of thiazole rings is 1. The monoisotopic (exact) mass is 604 g/mol. The van der Waals surface area contributed by atoms with Gasteiger partial charge in [-0.3, -0.25) is 4.79 Å². The molecule has 0 aliphatic carbocycles. The van der Waals surface area contributed by atoms with Crippen molar-refractivity contribution in [3.05, 3.63) is 101 Å². The number of nitrogens with one attached hydrogen (secondary N) is 1. The van der Waals surface area contributed by atoms with Crippen molar-refractivity contribution in [3.8, 4) is 21.7 Å². The molecule has 0 aliphatic rings. The first-order valence-corrected chi connectivity index (χ1v) is 16.0. The minimum atomic E-state index is -1.04. The minimum Gasteiger partial charge on any atom is -0.480 e. The minimum absolute atomic E-state index is 0.294. The molecule has 0 spiro atoms. The third-order valence-electron chi connectivity index (χ3n) is 6.76. The zero-order valence-electron chi connectivity index (χ0n) is 24.0.